The van der Waals surface area contributed by atoms with Crippen molar-refractivity contribution in [2.75, 3.05) is 13.2 Å². The van der Waals surface area contributed by atoms with Crippen LogP contribution in [0.2, 0.25) is 0 Å². The Kier molecular flexibility index (Phi) is 4.05. The maximum atomic E-state index is 12.0. The Balaban J connectivity index is 1.75. The number of carbonyl (C=O) groups excluding carboxylic acids is 1. The Morgan fingerprint density at radius 1 is 1.47 bits per heavy atom. The van der Waals surface area contributed by atoms with Crippen molar-refractivity contribution in [3.05, 3.63) is 0 Å². The van der Waals surface area contributed by atoms with Gasteiger partial charge in [-0.05, 0) is 44.9 Å². The van der Waals surface area contributed by atoms with E-state index in [9.17, 15) is 9.90 Å². The fraction of sp³-hybridized carbons (Fsp3) is 0.923. The smallest absolute Gasteiger partial charge is 0.251 e. The van der Waals surface area contributed by atoms with Gasteiger partial charge < -0.3 is 15.2 Å². The minimum atomic E-state index is -0.618. The number of hydrogen-bond acceptors (Lipinski definition) is 3. The quantitative estimate of drug-likeness (QED) is 0.781. The van der Waals surface area contributed by atoms with Crippen LogP contribution in [0.3, 0.4) is 0 Å². The van der Waals surface area contributed by atoms with E-state index >= 15 is 0 Å². The molecule has 17 heavy (non-hydrogen) atoms. The van der Waals surface area contributed by atoms with Crippen molar-refractivity contribution < 1.29 is 14.6 Å². The minimum Gasteiger partial charge on any atom is -0.393 e. The monoisotopic (exact) mass is 241 g/mol. The zero-order valence-corrected chi connectivity index (χ0v) is 10.6. The molecule has 0 aromatic carbocycles. The van der Waals surface area contributed by atoms with Crippen LogP contribution in [-0.4, -0.2) is 35.9 Å². The van der Waals surface area contributed by atoms with E-state index < -0.39 is 5.60 Å². The summed E-state index contributed by atoms with van der Waals surface area (Å²) in [5.74, 6) is 0.433. The first-order valence-corrected chi connectivity index (χ1v) is 6.70. The first kappa shape index (κ1) is 12.8. The van der Waals surface area contributed by atoms with Crippen molar-refractivity contribution >= 4 is 5.91 Å². The number of carbonyl (C=O) groups is 1. The molecule has 3 atom stereocenters. The first-order chi connectivity index (χ1) is 8.10. The SMILES string of the molecule is CC1(C(=O)NCC2CCCC(O)C2)CCCO1. The highest BCUT2D eigenvalue weighted by atomic mass is 16.5. The number of hydrogen-bond donors (Lipinski definition) is 2. The van der Waals surface area contributed by atoms with Crippen molar-refractivity contribution in [2.45, 2.75) is 57.2 Å². The van der Waals surface area contributed by atoms with Crippen LogP contribution < -0.4 is 5.32 Å². The van der Waals surface area contributed by atoms with E-state index in [4.69, 9.17) is 4.74 Å². The Morgan fingerprint density at radius 2 is 2.29 bits per heavy atom. The molecule has 0 aromatic heterocycles. The van der Waals surface area contributed by atoms with Crippen molar-refractivity contribution in [1.82, 2.24) is 5.32 Å². The van der Waals surface area contributed by atoms with Gasteiger partial charge in [-0.25, -0.2) is 0 Å². The summed E-state index contributed by atoms with van der Waals surface area (Å²) in [6.07, 6.45) is 5.50. The van der Waals surface area contributed by atoms with Gasteiger partial charge in [0.25, 0.3) is 5.91 Å². The van der Waals surface area contributed by atoms with Gasteiger partial charge in [0.2, 0.25) is 0 Å². The third-order valence-electron chi connectivity index (χ3n) is 4.01. The largest absolute Gasteiger partial charge is 0.393 e. The molecule has 1 amide bonds. The third-order valence-corrected chi connectivity index (χ3v) is 4.01. The van der Waals surface area contributed by atoms with Gasteiger partial charge in [-0.15, -0.1) is 0 Å². The second kappa shape index (κ2) is 5.36. The van der Waals surface area contributed by atoms with Crippen LogP contribution in [0.4, 0.5) is 0 Å². The average Bonchev–Trinajstić information content (AvgIpc) is 2.74. The highest BCUT2D eigenvalue weighted by molar-refractivity contribution is 5.84. The molecule has 2 N–H and O–H groups in total. The van der Waals surface area contributed by atoms with Crippen LogP contribution in [0.5, 0.6) is 0 Å². The molecule has 2 aliphatic rings. The first-order valence-electron chi connectivity index (χ1n) is 6.70. The zero-order chi connectivity index (χ0) is 12.3. The van der Waals surface area contributed by atoms with Gasteiger partial charge in [0, 0.05) is 13.2 Å². The lowest BCUT2D eigenvalue weighted by Crippen LogP contribution is -2.46. The second-order valence-electron chi connectivity index (χ2n) is 5.58. The molecule has 1 aliphatic heterocycles. The maximum Gasteiger partial charge on any atom is 0.251 e. The van der Waals surface area contributed by atoms with Gasteiger partial charge in [0.05, 0.1) is 6.10 Å². The fourth-order valence-electron chi connectivity index (χ4n) is 2.83. The number of aliphatic hydroxyl groups excluding tert-OH is 1. The van der Waals surface area contributed by atoms with Gasteiger partial charge in [0.15, 0.2) is 0 Å². The topological polar surface area (TPSA) is 58.6 Å². The summed E-state index contributed by atoms with van der Waals surface area (Å²) in [4.78, 5) is 12.0. The van der Waals surface area contributed by atoms with Gasteiger partial charge in [-0.2, -0.15) is 0 Å². The maximum absolute atomic E-state index is 12.0. The summed E-state index contributed by atoms with van der Waals surface area (Å²) in [7, 11) is 0. The zero-order valence-electron chi connectivity index (χ0n) is 10.6. The van der Waals surface area contributed by atoms with E-state index in [1.807, 2.05) is 6.92 Å². The molecule has 1 saturated carbocycles. The van der Waals surface area contributed by atoms with Gasteiger partial charge in [-0.3, -0.25) is 4.79 Å². The molecule has 3 unspecified atom stereocenters. The molecule has 4 nitrogen and oxygen atoms in total. The molecule has 0 spiro atoms. The highest BCUT2D eigenvalue weighted by Crippen LogP contribution is 2.26. The predicted molar refractivity (Wildman–Crippen MR) is 64.6 cm³/mol. The third kappa shape index (κ3) is 3.19. The number of aliphatic hydroxyl groups is 1. The van der Waals surface area contributed by atoms with E-state index in [1.165, 1.54) is 0 Å². The molecule has 98 valence electrons. The summed E-state index contributed by atoms with van der Waals surface area (Å²) in [6.45, 7) is 3.23. The van der Waals surface area contributed by atoms with Gasteiger partial charge in [-0.1, -0.05) is 6.42 Å². The highest BCUT2D eigenvalue weighted by Gasteiger charge is 2.37. The van der Waals surface area contributed by atoms with Gasteiger partial charge >= 0.3 is 0 Å². The molecule has 1 aliphatic carbocycles. The molecule has 2 rings (SSSR count). The Morgan fingerprint density at radius 3 is 2.94 bits per heavy atom. The summed E-state index contributed by atoms with van der Waals surface area (Å²) in [5, 5.41) is 12.5. The molecule has 4 heteroatoms. The van der Waals surface area contributed by atoms with Crippen LogP contribution in [-0.2, 0) is 9.53 Å². The van der Waals surface area contributed by atoms with Crippen LogP contribution >= 0.6 is 0 Å². The van der Waals surface area contributed by atoms with Crippen molar-refractivity contribution in [3.8, 4) is 0 Å². The predicted octanol–water partition coefficient (Wildman–Crippen LogP) is 1.22. The van der Waals surface area contributed by atoms with Crippen molar-refractivity contribution in [2.24, 2.45) is 5.92 Å². The average molecular weight is 241 g/mol. The standard InChI is InChI=1S/C13H23NO3/c1-13(6-3-7-17-13)12(16)14-9-10-4-2-5-11(15)8-10/h10-11,15H,2-9H2,1H3,(H,14,16). The van der Waals surface area contributed by atoms with E-state index in [1.54, 1.807) is 0 Å². The summed E-state index contributed by atoms with van der Waals surface area (Å²) < 4.78 is 5.50. The van der Waals surface area contributed by atoms with Crippen LogP contribution in [0.1, 0.15) is 45.4 Å². The van der Waals surface area contributed by atoms with Crippen molar-refractivity contribution in [3.63, 3.8) is 0 Å². The molecule has 0 aromatic rings. The molecule has 0 radical (unpaired) electrons. The number of amides is 1. The lowest BCUT2D eigenvalue weighted by Gasteiger charge is -2.28. The number of nitrogens with one attached hydrogen (secondary N) is 1. The molecule has 2 fully saturated rings. The van der Waals surface area contributed by atoms with Crippen molar-refractivity contribution in [1.29, 1.82) is 0 Å². The summed E-state index contributed by atoms with van der Waals surface area (Å²) >= 11 is 0. The Labute approximate surface area is 103 Å². The van der Waals surface area contributed by atoms with Crippen LogP contribution in [0, 0.1) is 5.92 Å². The molecular weight excluding hydrogens is 218 g/mol. The lowest BCUT2D eigenvalue weighted by molar-refractivity contribution is -0.139. The second-order valence-corrected chi connectivity index (χ2v) is 5.58. The van der Waals surface area contributed by atoms with Crippen LogP contribution in [0.25, 0.3) is 0 Å². The Bertz CT molecular complexity index is 274. The lowest BCUT2D eigenvalue weighted by atomic mass is 9.87. The molecule has 0 bridgehead atoms. The fourth-order valence-corrected chi connectivity index (χ4v) is 2.83. The normalized spacial score (nSPS) is 38.0. The number of rotatable bonds is 3. The minimum absolute atomic E-state index is 0.00932. The Hall–Kier alpha value is -0.610. The summed E-state index contributed by atoms with van der Waals surface area (Å²) in [5.41, 5.74) is -0.618. The summed E-state index contributed by atoms with van der Waals surface area (Å²) in [6, 6.07) is 0. The molecular formula is C13H23NO3. The van der Waals surface area contributed by atoms with E-state index in [0.29, 0.717) is 19.1 Å². The van der Waals surface area contributed by atoms with Gasteiger partial charge in [0.1, 0.15) is 5.60 Å². The molecule has 1 heterocycles. The van der Waals surface area contributed by atoms with E-state index in [-0.39, 0.29) is 12.0 Å². The van der Waals surface area contributed by atoms with E-state index in [0.717, 1.165) is 38.5 Å². The molecule has 1 saturated heterocycles. The van der Waals surface area contributed by atoms with Crippen LogP contribution in [0.15, 0.2) is 0 Å². The number of ether oxygens (including phenoxy) is 1. The van der Waals surface area contributed by atoms with E-state index in [2.05, 4.69) is 5.32 Å².